The Morgan fingerprint density at radius 1 is 1.20 bits per heavy atom. The number of anilines is 1. The molecule has 1 aromatic rings. The van der Waals surface area contributed by atoms with Crippen LogP contribution in [-0.2, 0) is 15.7 Å². The van der Waals surface area contributed by atoms with E-state index in [2.05, 4.69) is 10.6 Å². The number of alkyl halides is 3. The fourth-order valence-electron chi connectivity index (χ4n) is 1.25. The smallest absolute Gasteiger partial charge is 0.382 e. The molecule has 0 atom stereocenters. The minimum absolute atomic E-state index is 0.0180. The number of ether oxygens (including phenoxy) is 2. The molecule has 1 aromatic carbocycles. The Labute approximate surface area is 114 Å². The number of hydrogen-bond acceptors (Lipinski definition) is 3. The first-order valence-corrected chi connectivity index (χ1v) is 5.72. The van der Waals surface area contributed by atoms with E-state index in [-0.39, 0.29) is 12.4 Å². The molecule has 112 valence electrons. The molecule has 0 saturated carbocycles. The van der Waals surface area contributed by atoms with Crippen LogP contribution in [0.2, 0.25) is 0 Å². The molecule has 0 heterocycles. The highest BCUT2D eigenvalue weighted by Gasteiger charge is 2.29. The van der Waals surface area contributed by atoms with Crippen LogP contribution in [0.25, 0.3) is 0 Å². The van der Waals surface area contributed by atoms with Crippen molar-refractivity contribution in [2.75, 3.05) is 32.4 Å². The summed E-state index contributed by atoms with van der Waals surface area (Å²) in [4.78, 5) is 11.4. The first-order valence-electron chi connectivity index (χ1n) is 5.72. The number of methoxy groups -OCH3 is 1. The van der Waals surface area contributed by atoms with Crippen molar-refractivity contribution in [3.8, 4) is 0 Å². The average Bonchev–Trinajstić information content (AvgIpc) is 2.38. The Kier molecular flexibility index (Phi) is 6.26. The summed E-state index contributed by atoms with van der Waals surface area (Å²) in [5.41, 5.74) is -0.515. The van der Waals surface area contributed by atoms with E-state index in [1.165, 1.54) is 19.2 Å². The molecule has 8 heteroatoms. The van der Waals surface area contributed by atoms with Gasteiger partial charge in [0.2, 0.25) is 0 Å². The Morgan fingerprint density at radius 2 is 1.85 bits per heavy atom. The molecule has 0 spiro atoms. The standard InChI is InChI=1S/C12H15F3N2O3/c1-19-6-7-20-8-16-11(18)17-10-4-2-9(3-5-10)12(13,14)15/h2-5H,6-8H2,1H3,(H2,16,17,18). The number of carbonyl (C=O) groups excluding carboxylic acids is 1. The minimum Gasteiger partial charge on any atom is -0.382 e. The van der Waals surface area contributed by atoms with E-state index in [0.717, 1.165) is 12.1 Å². The second kappa shape index (κ2) is 7.71. The summed E-state index contributed by atoms with van der Waals surface area (Å²) in [5.74, 6) is 0. The monoisotopic (exact) mass is 292 g/mol. The number of benzene rings is 1. The van der Waals surface area contributed by atoms with E-state index in [1.807, 2.05) is 0 Å². The number of nitrogens with one attached hydrogen (secondary N) is 2. The number of halogens is 3. The molecule has 5 nitrogen and oxygen atoms in total. The van der Waals surface area contributed by atoms with Crippen molar-refractivity contribution in [1.29, 1.82) is 0 Å². The van der Waals surface area contributed by atoms with Crippen molar-refractivity contribution < 1.29 is 27.4 Å². The molecule has 0 bridgehead atoms. The lowest BCUT2D eigenvalue weighted by atomic mass is 10.2. The highest BCUT2D eigenvalue weighted by molar-refractivity contribution is 5.89. The summed E-state index contributed by atoms with van der Waals surface area (Å²) in [6.45, 7) is 0.717. The number of urea groups is 1. The van der Waals surface area contributed by atoms with E-state index in [4.69, 9.17) is 9.47 Å². The van der Waals surface area contributed by atoms with Gasteiger partial charge in [-0.1, -0.05) is 0 Å². The van der Waals surface area contributed by atoms with E-state index >= 15 is 0 Å². The van der Waals surface area contributed by atoms with Gasteiger partial charge in [-0.2, -0.15) is 13.2 Å². The second-order valence-electron chi connectivity index (χ2n) is 3.75. The number of rotatable bonds is 6. The molecule has 0 aliphatic carbocycles. The first kappa shape index (κ1) is 16.3. The lowest BCUT2D eigenvalue weighted by Gasteiger charge is -2.10. The molecule has 0 radical (unpaired) electrons. The molecule has 0 saturated heterocycles. The molecular formula is C12H15F3N2O3. The highest BCUT2D eigenvalue weighted by atomic mass is 19.4. The maximum Gasteiger partial charge on any atom is 0.416 e. The summed E-state index contributed by atoms with van der Waals surface area (Å²) in [6, 6.07) is 3.57. The Balaban J connectivity index is 2.35. The zero-order chi connectivity index (χ0) is 15.0. The van der Waals surface area contributed by atoms with Crippen molar-refractivity contribution in [2.45, 2.75) is 6.18 Å². The molecule has 0 fully saturated rings. The van der Waals surface area contributed by atoms with Crippen LogP contribution in [-0.4, -0.2) is 33.1 Å². The lowest BCUT2D eigenvalue weighted by molar-refractivity contribution is -0.137. The van der Waals surface area contributed by atoms with Crippen molar-refractivity contribution in [1.82, 2.24) is 5.32 Å². The first-order chi connectivity index (χ1) is 9.43. The Bertz CT molecular complexity index is 421. The van der Waals surface area contributed by atoms with Crippen molar-refractivity contribution in [3.05, 3.63) is 29.8 Å². The average molecular weight is 292 g/mol. The van der Waals surface area contributed by atoms with Gasteiger partial charge in [-0.05, 0) is 24.3 Å². The van der Waals surface area contributed by atoms with Gasteiger partial charge in [-0.3, -0.25) is 0 Å². The van der Waals surface area contributed by atoms with Crippen LogP contribution in [0, 0.1) is 0 Å². The summed E-state index contributed by atoms with van der Waals surface area (Å²) < 4.78 is 46.7. The SMILES string of the molecule is COCCOCNC(=O)Nc1ccc(C(F)(F)F)cc1. The minimum atomic E-state index is -4.39. The van der Waals surface area contributed by atoms with Gasteiger partial charge in [0.1, 0.15) is 6.73 Å². The van der Waals surface area contributed by atoms with Crippen molar-refractivity contribution >= 4 is 11.7 Å². The zero-order valence-electron chi connectivity index (χ0n) is 10.8. The lowest BCUT2D eigenvalue weighted by Crippen LogP contribution is -2.31. The van der Waals surface area contributed by atoms with E-state index in [0.29, 0.717) is 13.2 Å². The molecule has 0 aliphatic rings. The molecule has 0 aliphatic heterocycles. The quantitative estimate of drug-likeness (QED) is 0.625. The van der Waals surface area contributed by atoms with Crippen LogP contribution in [0.4, 0.5) is 23.7 Å². The number of hydrogen-bond donors (Lipinski definition) is 2. The fraction of sp³-hybridized carbons (Fsp3) is 0.417. The van der Waals surface area contributed by atoms with Gasteiger partial charge in [-0.25, -0.2) is 4.79 Å². The van der Waals surface area contributed by atoms with Crippen molar-refractivity contribution in [3.63, 3.8) is 0 Å². The van der Waals surface area contributed by atoms with Crippen LogP contribution in [0.1, 0.15) is 5.56 Å². The van der Waals surface area contributed by atoms with Crippen LogP contribution in [0.5, 0.6) is 0 Å². The molecule has 0 aromatic heterocycles. The Hall–Kier alpha value is -1.80. The summed E-state index contributed by atoms with van der Waals surface area (Å²) in [5, 5.41) is 4.77. The van der Waals surface area contributed by atoms with E-state index in [9.17, 15) is 18.0 Å². The van der Waals surface area contributed by atoms with E-state index in [1.54, 1.807) is 0 Å². The zero-order valence-corrected chi connectivity index (χ0v) is 10.8. The van der Waals surface area contributed by atoms with Crippen molar-refractivity contribution in [2.24, 2.45) is 0 Å². The maximum absolute atomic E-state index is 12.3. The topological polar surface area (TPSA) is 59.6 Å². The van der Waals surface area contributed by atoms with Gasteiger partial charge in [0.05, 0.1) is 18.8 Å². The van der Waals surface area contributed by atoms with Gasteiger partial charge >= 0.3 is 12.2 Å². The number of amides is 2. The van der Waals surface area contributed by atoms with Crippen LogP contribution < -0.4 is 10.6 Å². The van der Waals surface area contributed by atoms with Gasteiger partial charge in [0.25, 0.3) is 0 Å². The molecule has 1 rings (SSSR count). The third kappa shape index (κ3) is 5.89. The molecule has 2 amide bonds. The predicted octanol–water partition coefficient (Wildman–Crippen LogP) is 2.45. The Morgan fingerprint density at radius 3 is 2.40 bits per heavy atom. The molecular weight excluding hydrogens is 277 g/mol. The largest absolute Gasteiger partial charge is 0.416 e. The normalized spacial score (nSPS) is 11.2. The van der Waals surface area contributed by atoms with Gasteiger partial charge in [0, 0.05) is 12.8 Å². The third-order valence-corrected chi connectivity index (χ3v) is 2.24. The summed E-state index contributed by atoms with van der Waals surface area (Å²) in [6.07, 6.45) is -4.39. The van der Waals surface area contributed by atoms with Gasteiger partial charge in [0.15, 0.2) is 0 Å². The third-order valence-electron chi connectivity index (χ3n) is 2.24. The fourth-order valence-corrected chi connectivity index (χ4v) is 1.25. The summed E-state index contributed by atoms with van der Waals surface area (Å²) >= 11 is 0. The van der Waals surface area contributed by atoms with Crippen LogP contribution in [0.3, 0.4) is 0 Å². The molecule has 20 heavy (non-hydrogen) atoms. The van der Waals surface area contributed by atoms with Crippen LogP contribution >= 0.6 is 0 Å². The molecule has 0 unspecified atom stereocenters. The number of carbonyl (C=O) groups is 1. The van der Waals surface area contributed by atoms with Gasteiger partial charge in [-0.15, -0.1) is 0 Å². The maximum atomic E-state index is 12.3. The molecule has 2 N–H and O–H groups in total. The predicted molar refractivity (Wildman–Crippen MR) is 66.3 cm³/mol. The van der Waals surface area contributed by atoms with Gasteiger partial charge < -0.3 is 20.1 Å². The van der Waals surface area contributed by atoms with E-state index < -0.39 is 17.8 Å². The highest BCUT2D eigenvalue weighted by Crippen LogP contribution is 2.29. The summed E-state index contributed by atoms with van der Waals surface area (Å²) in [7, 11) is 1.52. The van der Waals surface area contributed by atoms with Crippen LogP contribution in [0.15, 0.2) is 24.3 Å². The second-order valence-corrected chi connectivity index (χ2v) is 3.75.